The summed E-state index contributed by atoms with van der Waals surface area (Å²) in [6, 6.07) is 7.24. The van der Waals surface area contributed by atoms with Crippen molar-refractivity contribution >= 4 is 17.8 Å². The fraction of sp³-hybridized carbons (Fsp3) is 0.552. The van der Waals surface area contributed by atoms with Crippen molar-refractivity contribution in [2.24, 2.45) is 11.8 Å². The van der Waals surface area contributed by atoms with Crippen LogP contribution in [0.5, 0.6) is 0 Å². The molecule has 36 heavy (non-hydrogen) atoms. The van der Waals surface area contributed by atoms with E-state index in [1.807, 2.05) is 44.2 Å². The Morgan fingerprint density at radius 2 is 1.89 bits per heavy atom. The van der Waals surface area contributed by atoms with Crippen LogP contribution in [-0.2, 0) is 32.1 Å². The first-order valence-electron chi connectivity index (χ1n) is 13.0. The summed E-state index contributed by atoms with van der Waals surface area (Å²) in [6.07, 6.45) is 7.25. The third-order valence-electron chi connectivity index (χ3n) is 6.72. The van der Waals surface area contributed by atoms with Crippen molar-refractivity contribution in [3.05, 3.63) is 60.7 Å². The zero-order valence-electron chi connectivity index (χ0n) is 21.8. The lowest BCUT2D eigenvalue weighted by Gasteiger charge is -2.36. The highest BCUT2D eigenvalue weighted by Crippen LogP contribution is 2.25. The molecule has 3 unspecified atom stereocenters. The number of aliphatic hydroxyl groups is 1. The minimum Gasteiger partial charge on any atom is -0.463 e. The van der Waals surface area contributed by atoms with Crippen LogP contribution < -0.4 is 5.32 Å². The third-order valence-corrected chi connectivity index (χ3v) is 6.72. The van der Waals surface area contributed by atoms with Gasteiger partial charge in [-0.1, -0.05) is 50.3 Å². The van der Waals surface area contributed by atoms with Crippen molar-refractivity contribution < 1.29 is 24.2 Å². The quantitative estimate of drug-likeness (QED) is 0.217. The van der Waals surface area contributed by atoms with Crippen LogP contribution >= 0.6 is 0 Å². The molecule has 0 saturated heterocycles. The molecule has 7 nitrogen and oxygen atoms in total. The van der Waals surface area contributed by atoms with Gasteiger partial charge in [0.1, 0.15) is 6.61 Å². The van der Waals surface area contributed by atoms with Crippen molar-refractivity contribution in [3.8, 4) is 0 Å². The fourth-order valence-corrected chi connectivity index (χ4v) is 4.37. The molecule has 2 amide bonds. The summed E-state index contributed by atoms with van der Waals surface area (Å²) in [7, 11) is 0. The maximum Gasteiger partial charge on any atom is 0.305 e. The zero-order valence-corrected chi connectivity index (χ0v) is 21.8. The van der Waals surface area contributed by atoms with Crippen LogP contribution in [0.1, 0.15) is 63.5 Å². The first kappa shape index (κ1) is 29.3. The minimum atomic E-state index is -0.595. The molecular formula is C29H42N2O5. The highest BCUT2D eigenvalue weighted by molar-refractivity contribution is 5.86. The Balaban J connectivity index is 1.98. The van der Waals surface area contributed by atoms with Crippen LogP contribution in [0.2, 0.25) is 0 Å². The van der Waals surface area contributed by atoms with E-state index in [4.69, 9.17) is 4.74 Å². The molecule has 0 bridgehead atoms. The average Bonchev–Trinajstić information content (AvgIpc) is 2.87. The smallest absolute Gasteiger partial charge is 0.305 e. The Labute approximate surface area is 215 Å². The molecule has 7 heteroatoms. The van der Waals surface area contributed by atoms with Gasteiger partial charge in [0.15, 0.2) is 0 Å². The predicted molar refractivity (Wildman–Crippen MR) is 141 cm³/mol. The normalized spacial score (nSPS) is 16.6. The molecule has 2 rings (SSSR count). The number of benzene rings is 1. The lowest BCUT2D eigenvalue weighted by atomic mass is 9.92. The monoisotopic (exact) mass is 498 g/mol. The number of amides is 2. The summed E-state index contributed by atoms with van der Waals surface area (Å²) >= 11 is 0. The van der Waals surface area contributed by atoms with Crippen molar-refractivity contribution in [2.45, 2.75) is 77.4 Å². The van der Waals surface area contributed by atoms with Crippen LogP contribution in [0.3, 0.4) is 0 Å². The third kappa shape index (κ3) is 8.94. The first-order valence-corrected chi connectivity index (χ1v) is 13.0. The number of carbonyl (C=O) groups excluding carboxylic acids is 3. The van der Waals surface area contributed by atoms with E-state index in [2.05, 4.69) is 18.5 Å². The molecule has 1 heterocycles. The Morgan fingerprint density at radius 3 is 2.53 bits per heavy atom. The molecule has 1 aliphatic heterocycles. The summed E-state index contributed by atoms with van der Waals surface area (Å²) < 4.78 is 5.42. The van der Waals surface area contributed by atoms with Crippen LogP contribution in [0.15, 0.2) is 49.6 Å². The summed E-state index contributed by atoms with van der Waals surface area (Å²) in [5.41, 5.74) is 2.20. The second-order valence-corrected chi connectivity index (χ2v) is 9.83. The van der Waals surface area contributed by atoms with Gasteiger partial charge in [0.25, 0.3) is 0 Å². The number of esters is 1. The number of hydrogen-bond donors (Lipinski definition) is 2. The minimum absolute atomic E-state index is 0.0183. The number of rotatable bonds is 15. The zero-order chi connectivity index (χ0) is 26.5. The van der Waals surface area contributed by atoms with Gasteiger partial charge >= 0.3 is 5.97 Å². The predicted octanol–water partition coefficient (Wildman–Crippen LogP) is 3.95. The largest absolute Gasteiger partial charge is 0.463 e. The van der Waals surface area contributed by atoms with Gasteiger partial charge in [0.05, 0.1) is 24.6 Å². The summed E-state index contributed by atoms with van der Waals surface area (Å²) in [6.45, 7) is 11.7. The average molecular weight is 499 g/mol. The number of nitrogens with one attached hydrogen (secondary N) is 1. The SMILES string of the molecule is C=CCCCCC(=O)OCC(NC(=O)C(CC=C)CC(=O)N1Cc2ccccc2CC1CO)C(C)C. The van der Waals surface area contributed by atoms with Gasteiger partial charge in [-0.05, 0) is 49.1 Å². The molecule has 0 fully saturated rings. The van der Waals surface area contributed by atoms with Gasteiger partial charge in [0, 0.05) is 19.4 Å². The van der Waals surface area contributed by atoms with Gasteiger partial charge in [0.2, 0.25) is 11.8 Å². The molecule has 0 spiro atoms. The van der Waals surface area contributed by atoms with Gasteiger partial charge in [-0.25, -0.2) is 0 Å². The molecule has 1 aromatic rings. The highest BCUT2D eigenvalue weighted by Gasteiger charge is 2.32. The fourth-order valence-electron chi connectivity index (χ4n) is 4.37. The second kappa shape index (κ2) is 15.2. The Morgan fingerprint density at radius 1 is 1.17 bits per heavy atom. The van der Waals surface area contributed by atoms with E-state index in [0.717, 1.165) is 30.4 Å². The maximum atomic E-state index is 13.3. The van der Waals surface area contributed by atoms with Crippen LogP contribution in [0.4, 0.5) is 0 Å². The highest BCUT2D eigenvalue weighted by atomic mass is 16.5. The Hall–Kier alpha value is -2.93. The first-order chi connectivity index (χ1) is 17.3. The molecule has 0 saturated carbocycles. The number of fused-ring (bicyclic) bond motifs is 1. The molecule has 198 valence electrons. The summed E-state index contributed by atoms with van der Waals surface area (Å²) in [4.78, 5) is 40.2. The molecule has 3 atom stereocenters. The number of aliphatic hydroxyl groups excluding tert-OH is 1. The van der Waals surface area contributed by atoms with E-state index >= 15 is 0 Å². The van der Waals surface area contributed by atoms with Gasteiger partial charge in [-0.2, -0.15) is 0 Å². The van der Waals surface area contributed by atoms with Crippen molar-refractivity contribution in [1.82, 2.24) is 10.2 Å². The van der Waals surface area contributed by atoms with Crippen LogP contribution in [-0.4, -0.2) is 53.1 Å². The lowest BCUT2D eigenvalue weighted by molar-refractivity contribution is -0.146. The Kier molecular flexibility index (Phi) is 12.4. The van der Waals surface area contributed by atoms with Crippen molar-refractivity contribution in [1.29, 1.82) is 0 Å². The molecular weight excluding hydrogens is 456 g/mol. The number of carbonyl (C=O) groups is 3. The molecule has 1 aliphatic rings. The van der Waals surface area contributed by atoms with E-state index in [9.17, 15) is 19.5 Å². The molecule has 0 aliphatic carbocycles. The lowest BCUT2D eigenvalue weighted by Crippen LogP contribution is -2.49. The number of allylic oxidation sites excluding steroid dienone is 2. The van der Waals surface area contributed by atoms with Gasteiger partial charge < -0.3 is 20.1 Å². The molecule has 1 aromatic carbocycles. The van der Waals surface area contributed by atoms with E-state index in [-0.39, 0.29) is 55.4 Å². The van der Waals surface area contributed by atoms with Gasteiger partial charge in [-0.15, -0.1) is 13.2 Å². The second-order valence-electron chi connectivity index (χ2n) is 9.83. The standard InChI is InChI=1S/C29H42N2O5/c1-5-7-8-9-15-28(34)36-20-26(21(3)4)30-29(35)23(12-6-2)17-27(33)31-18-24-14-11-10-13-22(24)16-25(31)19-32/h5-6,10-11,13-14,21,23,25-26,32H,1-2,7-9,12,15-20H2,3-4H3,(H,30,35). The van der Waals surface area contributed by atoms with E-state index in [0.29, 0.717) is 25.8 Å². The van der Waals surface area contributed by atoms with Crippen molar-refractivity contribution in [3.63, 3.8) is 0 Å². The number of nitrogens with zero attached hydrogens (tertiary/aromatic N) is 1. The van der Waals surface area contributed by atoms with Crippen LogP contribution in [0, 0.1) is 11.8 Å². The number of unbranched alkanes of at least 4 members (excludes halogenated alkanes) is 2. The van der Waals surface area contributed by atoms with Crippen LogP contribution in [0.25, 0.3) is 0 Å². The number of hydrogen-bond acceptors (Lipinski definition) is 5. The van der Waals surface area contributed by atoms with E-state index < -0.39 is 5.92 Å². The summed E-state index contributed by atoms with van der Waals surface area (Å²) in [5, 5.41) is 12.9. The molecule has 0 radical (unpaired) electrons. The summed E-state index contributed by atoms with van der Waals surface area (Å²) in [5.74, 6) is -1.26. The number of ether oxygens (including phenoxy) is 1. The molecule has 0 aromatic heterocycles. The van der Waals surface area contributed by atoms with Gasteiger partial charge in [-0.3, -0.25) is 14.4 Å². The maximum absolute atomic E-state index is 13.3. The van der Waals surface area contributed by atoms with Crippen molar-refractivity contribution in [2.75, 3.05) is 13.2 Å². The molecule has 2 N–H and O–H groups in total. The van der Waals surface area contributed by atoms with E-state index in [1.165, 1.54) is 0 Å². The topological polar surface area (TPSA) is 95.9 Å². The van der Waals surface area contributed by atoms with E-state index in [1.54, 1.807) is 11.0 Å². The Bertz CT molecular complexity index is 897.